The molecule has 0 spiro atoms. The Kier molecular flexibility index (Phi) is 7.64. The van der Waals surface area contributed by atoms with Crippen LogP contribution in [0, 0.1) is 0 Å². The molecule has 2 amide bonds. The summed E-state index contributed by atoms with van der Waals surface area (Å²) in [7, 11) is 0. The van der Waals surface area contributed by atoms with Gasteiger partial charge >= 0.3 is 12.0 Å². The van der Waals surface area contributed by atoms with Gasteiger partial charge in [0, 0.05) is 5.69 Å². The third kappa shape index (κ3) is 6.57. The molecule has 2 aromatic carbocycles. The third-order valence-electron chi connectivity index (χ3n) is 3.99. The number of unbranched alkanes of at least 4 members (excludes halogenated alkanes) is 1. The lowest BCUT2D eigenvalue weighted by Crippen LogP contribution is -2.43. The molecule has 5 N–H and O–H groups in total. The van der Waals surface area contributed by atoms with E-state index < -0.39 is 18.0 Å². The summed E-state index contributed by atoms with van der Waals surface area (Å²) >= 11 is 0. The molecule has 6 nitrogen and oxygen atoms in total. The van der Waals surface area contributed by atoms with Crippen molar-refractivity contribution in [2.24, 2.45) is 5.73 Å². The smallest absolute Gasteiger partial charge is 0.326 e. The molecule has 0 unspecified atom stereocenters. The van der Waals surface area contributed by atoms with Crippen LogP contribution in [0.3, 0.4) is 0 Å². The van der Waals surface area contributed by atoms with Gasteiger partial charge in [0.2, 0.25) is 0 Å². The predicted molar refractivity (Wildman–Crippen MR) is 102 cm³/mol. The summed E-state index contributed by atoms with van der Waals surface area (Å²) in [6.45, 7) is 0.507. The number of carbonyl (C=O) groups is 2. The first-order valence-electron chi connectivity index (χ1n) is 8.71. The minimum atomic E-state index is -1.05. The first-order chi connectivity index (χ1) is 12.6. The zero-order valence-corrected chi connectivity index (χ0v) is 14.7. The van der Waals surface area contributed by atoms with E-state index in [1.165, 1.54) is 5.56 Å². The zero-order chi connectivity index (χ0) is 18.8. The Morgan fingerprint density at radius 1 is 1.00 bits per heavy atom. The van der Waals surface area contributed by atoms with E-state index >= 15 is 0 Å². The van der Waals surface area contributed by atoms with Crippen LogP contribution in [-0.2, 0) is 11.2 Å². The minimum Gasteiger partial charge on any atom is -0.480 e. The monoisotopic (exact) mass is 355 g/mol. The summed E-state index contributed by atoms with van der Waals surface area (Å²) in [6.07, 6.45) is 2.50. The van der Waals surface area contributed by atoms with Crippen LogP contribution < -0.4 is 16.4 Å². The fraction of sp³-hybridized carbons (Fsp3) is 0.300. The van der Waals surface area contributed by atoms with Crippen molar-refractivity contribution >= 4 is 17.7 Å². The summed E-state index contributed by atoms with van der Waals surface area (Å²) in [5, 5.41) is 14.4. The maximum Gasteiger partial charge on any atom is 0.326 e. The molecule has 0 aliphatic carbocycles. The number of hydrogen-bond acceptors (Lipinski definition) is 3. The van der Waals surface area contributed by atoms with Crippen LogP contribution in [-0.4, -0.2) is 29.7 Å². The van der Waals surface area contributed by atoms with Gasteiger partial charge in [-0.1, -0.05) is 42.5 Å². The van der Waals surface area contributed by atoms with Crippen molar-refractivity contribution in [1.82, 2.24) is 5.32 Å². The molecule has 2 rings (SSSR count). The van der Waals surface area contributed by atoms with Gasteiger partial charge in [0.25, 0.3) is 0 Å². The molecule has 0 aliphatic rings. The van der Waals surface area contributed by atoms with Gasteiger partial charge in [0.1, 0.15) is 6.04 Å². The highest BCUT2D eigenvalue weighted by atomic mass is 16.4. The lowest BCUT2D eigenvalue weighted by Gasteiger charge is -2.15. The Morgan fingerprint density at radius 2 is 1.73 bits per heavy atom. The Hall–Kier alpha value is -2.86. The number of nitrogens with two attached hydrogens (primary N) is 1. The van der Waals surface area contributed by atoms with Crippen molar-refractivity contribution in [1.29, 1.82) is 0 Å². The fourth-order valence-electron chi connectivity index (χ4n) is 2.67. The first-order valence-corrected chi connectivity index (χ1v) is 8.71. The summed E-state index contributed by atoms with van der Waals surface area (Å²) in [6, 6.07) is 16.1. The highest BCUT2D eigenvalue weighted by molar-refractivity contribution is 5.92. The standard InChI is InChI=1S/C20H25N3O3/c21-12-5-4-11-18(19(24)25)23-20(26)22-17-10-6-9-16(14-17)13-15-7-2-1-3-8-15/h1-3,6-10,14,18H,4-5,11-13,21H2,(H,24,25)(H2,22,23,26)/t18-/m0/s1. The van der Waals surface area contributed by atoms with E-state index in [-0.39, 0.29) is 0 Å². The highest BCUT2D eigenvalue weighted by Crippen LogP contribution is 2.15. The maximum absolute atomic E-state index is 12.1. The molecule has 26 heavy (non-hydrogen) atoms. The van der Waals surface area contributed by atoms with Gasteiger partial charge < -0.3 is 21.5 Å². The number of amides is 2. The number of nitrogens with one attached hydrogen (secondary N) is 2. The van der Waals surface area contributed by atoms with Crippen LogP contribution in [0.1, 0.15) is 30.4 Å². The number of benzene rings is 2. The van der Waals surface area contributed by atoms with E-state index in [2.05, 4.69) is 10.6 Å². The van der Waals surface area contributed by atoms with E-state index in [4.69, 9.17) is 5.73 Å². The van der Waals surface area contributed by atoms with Crippen molar-refractivity contribution < 1.29 is 14.7 Å². The molecule has 0 aromatic heterocycles. The van der Waals surface area contributed by atoms with Gasteiger partial charge in [-0.15, -0.1) is 0 Å². The quantitative estimate of drug-likeness (QED) is 0.519. The zero-order valence-electron chi connectivity index (χ0n) is 14.7. The molecule has 0 fully saturated rings. The summed E-state index contributed by atoms with van der Waals surface area (Å²) in [5.74, 6) is -1.05. The normalized spacial score (nSPS) is 11.6. The third-order valence-corrected chi connectivity index (χ3v) is 3.99. The van der Waals surface area contributed by atoms with Gasteiger partial charge in [-0.2, -0.15) is 0 Å². The Morgan fingerprint density at radius 3 is 2.42 bits per heavy atom. The first kappa shape index (κ1) is 19.5. The summed E-state index contributed by atoms with van der Waals surface area (Å²) in [5.41, 5.74) is 8.29. The average molecular weight is 355 g/mol. The number of rotatable bonds is 9. The van der Waals surface area contributed by atoms with Gasteiger partial charge in [-0.05, 0) is 55.5 Å². The molecule has 0 bridgehead atoms. The molecule has 6 heteroatoms. The molecule has 0 aliphatic heterocycles. The van der Waals surface area contributed by atoms with E-state index in [0.29, 0.717) is 25.1 Å². The molecule has 1 atom stereocenters. The number of hydrogen-bond donors (Lipinski definition) is 4. The van der Waals surface area contributed by atoms with E-state index in [0.717, 1.165) is 18.4 Å². The van der Waals surface area contributed by atoms with Crippen molar-refractivity contribution in [3.05, 3.63) is 65.7 Å². The molecule has 0 saturated heterocycles. The second-order valence-electron chi connectivity index (χ2n) is 6.14. The average Bonchev–Trinajstić information content (AvgIpc) is 2.62. The second kappa shape index (κ2) is 10.2. The lowest BCUT2D eigenvalue weighted by atomic mass is 10.0. The van der Waals surface area contributed by atoms with Gasteiger partial charge in [0.05, 0.1) is 0 Å². The van der Waals surface area contributed by atoms with Crippen LogP contribution in [0.4, 0.5) is 10.5 Å². The number of aliphatic carboxylic acids is 1. The van der Waals surface area contributed by atoms with Crippen LogP contribution in [0.15, 0.2) is 54.6 Å². The van der Waals surface area contributed by atoms with Gasteiger partial charge in [-0.3, -0.25) is 0 Å². The van der Waals surface area contributed by atoms with E-state index in [9.17, 15) is 14.7 Å². The van der Waals surface area contributed by atoms with Gasteiger partial charge in [-0.25, -0.2) is 9.59 Å². The molecule has 0 radical (unpaired) electrons. The van der Waals surface area contributed by atoms with Crippen molar-refractivity contribution in [2.75, 3.05) is 11.9 Å². The molecule has 2 aromatic rings. The Bertz CT molecular complexity index is 719. The predicted octanol–water partition coefficient (Wildman–Crippen LogP) is 2.98. The topological polar surface area (TPSA) is 104 Å². The molecule has 0 saturated carbocycles. The van der Waals surface area contributed by atoms with E-state index in [1.54, 1.807) is 6.07 Å². The minimum absolute atomic E-state index is 0.355. The van der Waals surface area contributed by atoms with Crippen LogP contribution in [0.5, 0.6) is 0 Å². The fourth-order valence-corrected chi connectivity index (χ4v) is 2.67. The highest BCUT2D eigenvalue weighted by Gasteiger charge is 2.19. The second-order valence-corrected chi connectivity index (χ2v) is 6.14. The molecular weight excluding hydrogens is 330 g/mol. The summed E-state index contributed by atoms with van der Waals surface area (Å²) in [4.78, 5) is 23.4. The maximum atomic E-state index is 12.1. The van der Waals surface area contributed by atoms with Gasteiger partial charge in [0.15, 0.2) is 0 Å². The van der Waals surface area contributed by atoms with Crippen LogP contribution >= 0.6 is 0 Å². The van der Waals surface area contributed by atoms with Crippen LogP contribution in [0.25, 0.3) is 0 Å². The van der Waals surface area contributed by atoms with Crippen LogP contribution in [0.2, 0.25) is 0 Å². The molecule has 138 valence electrons. The number of carboxylic acids is 1. The molecule has 0 heterocycles. The SMILES string of the molecule is NCCCC[C@H](NC(=O)Nc1cccc(Cc2ccccc2)c1)C(=O)O. The number of carboxylic acid groups (broad SMARTS) is 1. The largest absolute Gasteiger partial charge is 0.480 e. The Labute approximate surface area is 153 Å². The van der Waals surface area contributed by atoms with Crippen molar-refractivity contribution in [2.45, 2.75) is 31.7 Å². The lowest BCUT2D eigenvalue weighted by molar-refractivity contribution is -0.139. The molecular formula is C20H25N3O3. The summed E-state index contributed by atoms with van der Waals surface area (Å²) < 4.78 is 0. The van der Waals surface area contributed by atoms with Crippen molar-refractivity contribution in [3.8, 4) is 0 Å². The van der Waals surface area contributed by atoms with Crippen molar-refractivity contribution in [3.63, 3.8) is 0 Å². The number of anilines is 1. The Balaban J connectivity index is 1.93. The van der Waals surface area contributed by atoms with E-state index in [1.807, 2.05) is 48.5 Å². The number of urea groups is 1. The number of carbonyl (C=O) groups excluding carboxylic acids is 1.